The summed E-state index contributed by atoms with van der Waals surface area (Å²) >= 11 is 9.24. The second-order valence-corrected chi connectivity index (χ2v) is 8.99. The topological polar surface area (TPSA) is 38.1 Å². The van der Waals surface area contributed by atoms with Crippen LogP contribution in [0.4, 0.5) is 0 Å². The molecule has 7 heteroatoms. The maximum Gasteiger partial charge on any atom is 0.263 e. The zero-order valence-electron chi connectivity index (χ0n) is 14.8. The number of nitrogens with zero attached hydrogens (tertiary/aromatic N) is 3. The molecule has 0 spiro atoms. The van der Waals surface area contributed by atoms with Crippen LogP contribution < -0.4 is 5.56 Å². The Balaban J connectivity index is 1.72. The van der Waals surface area contributed by atoms with Gasteiger partial charge in [0.25, 0.3) is 5.56 Å². The fraction of sp³-hybridized carbons (Fsp3) is 0.368. The Labute approximate surface area is 165 Å². The van der Waals surface area contributed by atoms with E-state index in [4.69, 9.17) is 16.6 Å². The molecule has 0 aliphatic carbocycles. The number of likely N-dealkylation sites (N-methyl/N-ethyl adjacent to an activating group) is 1. The Morgan fingerprint density at radius 3 is 2.81 bits per heavy atom. The largest absolute Gasteiger partial charge is 0.301 e. The number of fused-ring (bicyclic) bond motifs is 3. The molecule has 0 amide bonds. The first-order valence-electron chi connectivity index (χ1n) is 8.67. The van der Waals surface area contributed by atoms with Crippen molar-refractivity contribution in [2.75, 3.05) is 13.6 Å². The van der Waals surface area contributed by atoms with Gasteiger partial charge in [-0.05, 0) is 43.7 Å². The van der Waals surface area contributed by atoms with Crippen LogP contribution in [-0.2, 0) is 25.3 Å². The third-order valence-corrected chi connectivity index (χ3v) is 7.12. The van der Waals surface area contributed by atoms with E-state index in [1.54, 1.807) is 23.1 Å². The fourth-order valence-electron chi connectivity index (χ4n) is 3.30. The van der Waals surface area contributed by atoms with E-state index >= 15 is 0 Å². The second kappa shape index (κ2) is 7.35. The highest BCUT2D eigenvalue weighted by molar-refractivity contribution is 7.98. The Morgan fingerprint density at radius 1 is 1.31 bits per heavy atom. The number of aromatic nitrogens is 2. The minimum absolute atomic E-state index is 0.109. The van der Waals surface area contributed by atoms with Gasteiger partial charge in [-0.2, -0.15) is 0 Å². The molecule has 2 aromatic heterocycles. The lowest BCUT2D eigenvalue weighted by Gasteiger charge is -2.21. The number of rotatable bonds is 4. The van der Waals surface area contributed by atoms with E-state index in [-0.39, 0.29) is 5.56 Å². The normalized spacial score (nSPS) is 14.7. The van der Waals surface area contributed by atoms with Crippen molar-refractivity contribution >= 4 is 44.9 Å². The molecule has 0 radical (unpaired) electrons. The highest BCUT2D eigenvalue weighted by Gasteiger charge is 2.23. The molecule has 0 N–H and O–H groups in total. The van der Waals surface area contributed by atoms with Gasteiger partial charge >= 0.3 is 0 Å². The average molecular weight is 406 g/mol. The maximum absolute atomic E-state index is 13.1. The minimum atomic E-state index is 0.109. The van der Waals surface area contributed by atoms with E-state index in [1.807, 2.05) is 35.8 Å². The van der Waals surface area contributed by atoms with Gasteiger partial charge in [-0.25, -0.2) is 4.98 Å². The van der Waals surface area contributed by atoms with Crippen molar-refractivity contribution in [1.82, 2.24) is 14.5 Å². The second-order valence-electron chi connectivity index (χ2n) is 6.53. The predicted octanol–water partition coefficient (Wildman–Crippen LogP) is 4.41. The monoisotopic (exact) mass is 405 g/mol. The molecule has 4 rings (SSSR count). The smallest absolute Gasteiger partial charge is 0.263 e. The van der Waals surface area contributed by atoms with Crippen molar-refractivity contribution < 1.29 is 0 Å². The Kier molecular flexibility index (Phi) is 5.10. The zero-order chi connectivity index (χ0) is 18.3. The van der Waals surface area contributed by atoms with Crippen molar-refractivity contribution in [3.8, 4) is 0 Å². The average Bonchev–Trinajstić information content (AvgIpc) is 2.98. The lowest BCUT2D eigenvalue weighted by atomic mass is 10.1. The molecule has 26 heavy (non-hydrogen) atoms. The summed E-state index contributed by atoms with van der Waals surface area (Å²) in [7, 11) is 2.12. The molecule has 136 valence electrons. The molecule has 3 aromatic rings. The summed E-state index contributed by atoms with van der Waals surface area (Å²) in [6, 6.07) is 7.82. The molecular weight excluding hydrogens is 386 g/mol. The van der Waals surface area contributed by atoms with Gasteiger partial charge in [0.15, 0.2) is 5.16 Å². The van der Waals surface area contributed by atoms with E-state index < -0.39 is 0 Å². The van der Waals surface area contributed by atoms with Crippen LogP contribution in [0.3, 0.4) is 0 Å². The summed E-state index contributed by atoms with van der Waals surface area (Å²) in [4.78, 5) is 22.5. The molecule has 1 aromatic carbocycles. The molecule has 0 bridgehead atoms. The van der Waals surface area contributed by atoms with Crippen molar-refractivity contribution in [2.45, 2.75) is 37.3 Å². The molecule has 0 atom stereocenters. The van der Waals surface area contributed by atoms with Crippen molar-refractivity contribution in [3.63, 3.8) is 0 Å². The molecule has 4 nitrogen and oxygen atoms in total. The van der Waals surface area contributed by atoms with Crippen LogP contribution in [0, 0.1) is 0 Å². The van der Waals surface area contributed by atoms with E-state index in [2.05, 4.69) is 11.9 Å². The highest BCUT2D eigenvalue weighted by Crippen LogP contribution is 2.33. The molecule has 0 saturated carbocycles. The fourth-order valence-corrected chi connectivity index (χ4v) is 5.79. The van der Waals surface area contributed by atoms with Crippen molar-refractivity contribution in [3.05, 3.63) is 55.6 Å². The lowest BCUT2D eigenvalue weighted by Crippen LogP contribution is -2.27. The van der Waals surface area contributed by atoms with Gasteiger partial charge < -0.3 is 4.90 Å². The summed E-state index contributed by atoms with van der Waals surface area (Å²) in [5, 5.41) is 2.38. The standard InChI is InChI=1S/C19H20ClN3OS2/c1-3-23-18(24)16-14-8-9-22(2)10-15(14)26-17(16)21-19(23)25-11-12-4-6-13(20)7-5-12/h4-7H,3,8-11H2,1-2H3. The van der Waals surface area contributed by atoms with Crippen LogP contribution >= 0.6 is 34.7 Å². The number of hydrogen-bond donors (Lipinski definition) is 0. The summed E-state index contributed by atoms with van der Waals surface area (Å²) in [5.74, 6) is 0.767. The zero-order valence-corrected chi connectivity index (χ0v) is 17.2. The summed E-state index contributed by atoms with van der Waals surface area (Å²) in [5.41, 5.74) is 2.50. The summed E-state index contributed by atoms with van der Waals surface area (Å²) in [6.45, 7) is 4.55. The Morgan fingerprint density at radius 2 is 2.08 bits per heavy atom. The van der Waals surface area contributed by atoms with Crippen LogP contribution in [0.2, 0.25) is 5.02 Å². The Bertz CT molecular complexity index is 1010. The molecule has 1 aliphatic heterocycles. The predicted molar refractivity (Wildman–Crippen MR) is 111 cm³/mol. The first-order valence-corrected chi connectivity index (χ1v) is 10.9. The first-order chi connectivity index (χ1) is 12.6. The molecule has 0 saturated heterocycles. The number of benzene rings is 1. The van der Waals surface area contributed by atoms with Crippen molar-refractivity contribution in [1.29, 1.82) is 0 Å². The van der Waals surface area contributed by atoms with Crippen molar-refractivity contribution in [2.24, 2.45) is 0 Å². The van der Waals surface area contributed by atoms with Gasteiger partial charge in [0, 0.05) is 35.3 Å². The molecule has 1 aliphatic rings. The van der Waals surface area contributed by atoms with E-state index in [0.717, 1.165) is 45.7 Å². The van der Waals surface area contributed by atoms with E-state index in [0.29, 0.717) is 6.54 Å². The minimum Gasteiger partial charge on any atom is -0.301 e. The maximum atomic E-state index is 13.1. The highest BCUT2D eigenvalue weighted by atomic mass is 35.5. The molecule has 0 unspecified atom stereocenters. The third kappa shape index (κ3) is 3.31. The lowest BCUT2D eigenvalue weighted by molar-refractivity contribution is 0.318. The van der Waals surface area contributed by atoms with Gasteiger partial charge in [-0.3, -0.25) is 9.36 Å². The number of hydrogen-bond acceptors (Lipinski definition) is 5. The van der Waals surface area contributed by atoms with Gasteiger partial charge in [0.1, 0.15) is 4.83 Å². The third-order valence-electron chi connectivity index (χ3n) is 4.71. The van der Waals surface area contributed by atoms with Gasteiger partial charge in [0.05, 0.1) is 5.39 Å². The molecule has 3 heterocycles. The molecule has 0 fully saturated rings. The van der Waals surface area contributed by atoms with Crippen LogP contribution in [-0.4, -0.2) is 28.0 Å². The van der Waals surface area contributed by atoms with Crippen LogP contribution in [0.25, 0.3) is 10.2 Å². The number of halogens is 1. The summed E-state index contributed by atoms with van der Waals surface area (Å²) < 4.78 is 1.81. The van der Waals surface area contributed by atoms with Gasteiger partial charge in [-0.1, -0.05) is 35.5 Å². The number of thioether (sulfide) groups is 1. The molecular formula is C19H20ClN3OS2. The van der Waals surface area contributed by atoms with E-state index in [9.17, 15) is 4.79 Å². The first kappa shape index (κ1) is 18.0. The summed E-state index contributed by atoms with van der Waals surface area (Å²) in [6.07, 6.45) is 0.934. The quantitative estimate of drug-likeness (QED) is 0.476. The Hall–Kier alpha value is -1.34. The van der Waals surface area contributed by atoms with E-state index in [1.165, 1.54) is 16.0 Å². The van der Waals surface area contributed by atoms with Gasteiger partial charge in [0.2, 0.25) is 0 Å². The van der Waals surface area contributed by atoms with Crippen LogP contribution in [0.5, 0.6) is 0 Å². The number of thiophene rings is 1. The van der Waals surface area contributed by atoms with Crippen LogP contribution in [0.1, 0.15) is 22.9 Å². The SMILES string of the molecule is CCn1c(SCc2ccc(Cl)cc2)nc2sc3c(c2c1=O)CCN(C)C3. The van der Waals surface area contributed by atoms with Gasteiger partial charge in [-0.15, -0.1) is 11.3 Å². The van der Waals surface area contributed by atoms with Crippen LogP contribution in [0.15, 0.2) is 34.2 Å².